The molecule has 0 spiro atoms. The number of carbonyl (C=O) groups is 1. The van der Waals surface area contributed by atoms with Gasteiger partial charge in [0.1, 0.15) is 23.6 Å². The molecule has 0 aliphatic carbocycles. The molecule has 1 aromatic carbocycles. The Morgan fingerprint density at radius 2 is 1.85 bits per heavy atom. The summed E-state index contributed by atoms with van der Waals surface area (Å²) in [6.45, 7) is 7.08. The molecular weight excluding hydrogens is 502 g/mol. The van der Waals surface area contributed by atoms with Crippen molar-refractivity contribution in [2.45, 2.75) is 25.2 Å². The summed E-state index contributed by atoms with van der Waals surface area (Å²) in [7, 11) is 0. The number of Topliss-reactive ketones (excluding diaryl/α,β-unsaturated/α-hetero) is 1. The number of carbonyl (C=O) groups excluding carboxylic acids is 1. The Balaban J connectivity index is 0.966. The van der Waals surface area contributed by atoms with Gasteiger partial charge in [-0.2, -0.15) is 0 Å². The highest BCUT2D eigenvalue weighted by molar-refractivity contribution is 5.92. The first-order valence-electron chi connectivity index (χ1n) is 14.4. The van der Waals surface area contributed by atoms with Crippen molar-refractivity contribution in [3.05, 3.63) is 66.2 Å². The number of nitrogens with one attached hydrogen (secondary N) is 2. The number of aromatic amines is 1. The predicted molar refractivity (Wildman–Crippen MR) is 156 cm³/mol. The maximum Gasteiger partial charge on any atom is 0.143 e. The van der Waals surface area contributed by atoms with Crippen LogP contribution in [-0.4, -0.2) is 78.2 Å². The fourth-order valence-corrected chi connectivity index (χ4v) is 6.13. The zero-order chi connectivity index (χ0) is 26.9. The van der Waals surface area contributed by atoms with Crippen molar-refractivity contribution in [3.8, 4) is 11.3 Å². The minimum absolute atomic E-state index is 0.308. The summed E-state index contributed by atoms with van der Waals surface area (Å²) in [6, 6.07) is 12.7. The molecule has 0 bridgehead atoms. The van der Waals surface area contributed by atoms with Crippen molar-refractivity contribution >= 4 is 28.3 Å². The van der Waals surface area contributed by atoms with E-state index in [1.165, 1.54) is 11.3 Å². The van der Waals surface area contributed by atoms with Crippen LogP contribution in [-0.2, 0) is 16.0 Å². The summed E-state index contributed by atoms with van der Waals surface area (Å²) in [4.78, 5) is 34.6. The van der Waals surface area contributed by atoms with Gasteiger partial charge in [0.2, 0.25) is 0 Å². The summed E-state index contributed by atoms with van der Waals surface area (Å²) < 4.78 is 5.50. The maximum absolute atomic E-state index is 13.0. The summed E-state index contributed by atoms with van der Waals surface area (Å²) in [5.74, 6) is 2.23. The van der Waals surface area contributed by atoms with E-state index in [0.717, 1.165) is 79.4 Å². The SMILES string of the molecule is O=C(Cc1ccc(-c2cc3c(N4CCOCC4)ncnc3[nH]2)cc1)C[C@@H]1CCN(c2cncc(C3CNC3)c2)C1. The lowest BCUT2D eigenvalue weighted by Crippen LogP contribution is -2.40. The van der Waals surface area contributed by atoms with Crippen LogP contribution in [0, 0.1) is 5.92 Å². The Bertz CT molecular complexity index is 1490. The summed E-state index contributed by atoms with van der Waals surface area (Å²) in [6.07, 6.45) is 7.73. The van der Waals surface area contributed by atoms with E-state index in [1.807, 2.05) is 12.4 Å². The topological polar surface area (TPSA) is 99.3 Å². The minimum Gasteiger partial charge on any atom is -0.378 e. The normalized spacial score (nSPS) is 19.8. The van der Waals surface area contributed by atoms with Gasteiger partial charge in [-0.25, -0.2) is 9.97 Å². The molecule has 40 heavy (non-hydrogen) atoms. The average Bonchev–Trinajstić information content (AvgIpc) is 3.60. The van der Waals surface area contributed by atoms with Crippen LogP contribution in [0.4, 0.5) is 11.5 Å². The van der Waals surface area contributed by atoms with E-state index in [0.29, 0.717) is 43.7 Å². The smallest absolute Gasteiger partial charge is 0.143 e. The van der Waals surface area contributed by atoms with E-state index < -0.39 is 0 Å². The van der Waals surface area contributed by atoms with Crippen LogP contribution >= 0.6 is 0 Å². The molecule has 3 aliphatic heterocycles. The number of morpholine rings is 1. The second kappa shape index (κ2) is 11.0. The van der Waals surface area contributed by atoms with Crippen molar-refractivity contribution in [1.29, 1.82) is 0 Å². The largest absolute Gasteiger partial charge is 0.378 e. The first kappa shape index (κ1) is 25.2. The molecule has 9 nitrogen and oxygen atoms in total. The van der Waals surface area contributed by atoms with E-state index >= 15 is 0 Å². The van der Waals surface area contributed by atoms with Gasteiger partial charge in [-0.15, -0.1) is 0 Å². The number of H-pyrrole nitrogens is 1. The van der Waals surface area contributed by atoms with E-state index in [-0.39, 0.29) is 0 Å². The number of rotatable bonds is 8. The first-order chi connectivity index (χ1) is 19.7. The third-order valence-electron chi connectivity index (χ3n) is 8.55. The van der Waals surface area contributed by atoms with Gasteiger partial charge in [0.15, 0.2) is 0 Å². The molecule has 2 N–H and O–H groups in total. The molecule has 6 heterocycles. The van der Waals surface area contributed by atoms with Gasteiger partial charge in [-0.3, -0.25) is 9.78 Å². The van der Waals surface area contributed by atoms with Gasteiger partial charge >= 0.3 is 0 Å². The number of anilines is 2. The molecule has 1 atom stereocenters. The standard InChI is InChI=1S/C31H35N7O2/c39-27(12-22-5-6-38(19-22)26-13-24(15-33-18-26)25-16-32-17-25)11-21-1-3-23(4-2-21)29-14-28-30(36-29)34-20-35-31(28)37-7-9-40-10-8-37/h1-4,13-15,18,20,22,25,32H,5-12,16-17,19H2,(H,34,35,36)/t22-/m0/s1. The molecule has 0 amide bonds. The Labute approximate surface area is 234 Å². The molecule has 9 heteroatoms. The highest BCUT2D eigenvalue weighted by Crippen LogP contribution is 2.31. The maximum atomic E-state index is 13.0. The van der Waals surface area contributed by atoms with Gasteiger partial charge < -0.3 is 24.8 Å². The molecule has 4 aromatic rings. The van der Waals surface area contributed by atoms with Crippen molar-refractivity contribution < 1.29 is 9.53 Å². The number of hydrogen-bond donors (Lipinski definition) is 2. The summed E-state index contributed by atoms with van der Waals surface area (Å²) in [5.41, 5.74) is 6.47. The fraction of sp³-hybridized carbons (Fsp3) is 0.419. The Kier molecular flexibility index (Phi) is 6.91. The van der Waals surface area contributed by atoms with Crippen LogP contribution in [0.1, 0.15) is 29.9 Å². The van der Waals surface area contributed by atoms with E-state index in [9.17, 15) is 4.79 Å². The zero-order valence-corrected chi connectivity index (χ0v) is 22.7. The Morgan fingerprint density at radius 3 is 2.65 bits per heavy atom. The van der Waals surface area contributed by atoms with Crippen LogP contribution < -0.4 is 15.1 Å². The van der Waals surface area contributed by atoms with E-state index in [4.69, 9.17) is 4.74 Å². The van der Waals surface area contributed by atoms with Gasteiger partial charge in [-0.1, -0.05) is 24.3 Å². The third kappa shape index (κ3) is 5.19. The minimum atomic E-state index is 0.308. The molecule has 3 saturated heterocycles. The number of fused-ring (bicyclic) bond motifs is 1. The molecule has 206 valence electrons. The number of nitrogens with zero attached hydrogens (tertiary/aromatic N) is 5. The number of pyridine rings is 1. The molecule has 7 rings (SSSR count). The molecule has 0 saturated carbocycles. The van der Waals surface area contributed by atoms with Gasteiger partial charge in [-0.05, 0) is 41.2 Å². The second-order valence-electron chi connectivity index (χ2n) is 11.3. The van der Waals surface area contributed by atoms with Crippen molar-refractivity contribution in [1.82, 2.24) is 25.3 Å². The molecular formula is C31H35N7O2. The van der Waals surface area contributed by atoms with Gasteiger partial charge in [0.05, 0.1) is 30.5 Å². The first-order valence-corrected chi connectivity index (χ1v) is 14.4. The quantitative estimate of drug-likeness (QED) is 0.352. The molecule has 3 aliphatic rings. The highest BCUT2D eigenvalue weighted by Gasteiger charge is 2.26. The average molecular weight is 538 g/mol. The Hall–Kier alpha value is -3.82. The number of hydrogen-bond acceptors (Lipinski definition) is 8. The second-order valence-corrected chi connectivity index (χ2v) is 11.3. The van der Waals surface area contributed by atoms with Gasteiger partial charge in [0.25, 0.3) is 0 Å². The lowest BCUT2D eigenvalue weighted by Gasteiger charge is -2.28. The molecule has 3 aromatic heterocycles. The fourth-order valence-electron chi connectivity index (χ4n) is 6.13. The van der Waals surface area contributed by atoms with Crippen LogP contribution in [0.15, 0.2) is 55.1 Å². The van der Waals surface area contributed by atoms with E-state index in [2.05, 4.69) is 71.5 Å². The van der Waals surface area contributed by atoms with E-state index in [1.54, 1.807) is 6.33 Å². The number of ketones is 1. The Morgan fingerprint density at radius 1 is 1.00 bits per heavy atom. The molecule has 0 unspecified atom stereocenters. The van der Waals surface area contributed by atoms with Crippen LogP contribution in [0.3, 0.4) is 0 Å². The van der Waals surface area contributed by atoms with Crippen LogP contribution in [0.2, 0.25) is 0 Å². The molecule has 3 fully saturated rings. The third-order valence-corrected chi connectivity index (χ3v) is 8.55. The van der Waals surface area contributed by atoms with Gasteiger partial charge in [0, 0.05) is 69.9 Å². The summed E-state index contributed by atoms with van der Waals surface area (Å²) in [5, 5.41) is 4.36. The zero-order valence-electron chi connectivity index (χ0n) is 22.7. The van der Waals surface area contributed by atoms with Crippen LogP contribution in [0.25, 0.3) is 22.3 Å². The highest BCUT2D eigenvalue weighted by atomic mass is 16.5. The lowest BCUT2D eigenvalue weighted by molar-refractivity contribution is -0.119. The number of ether oxygens (including phenoxy) is 1. The summed E-state index contributed by atoms with van der Waals surface area (Å²) >= 11 is 0. The lowest BCUT2D eigenvalue weighted by atomic mass is 9.95. The predicted octanol–water partition coefficient (Wildman–Crippen LogP) is 3.57. The number of aromatic nitrogens is 4. The van der Waals surface area contributed by atoms with Crippen LogP contribution in [0.5, 0.6) is 0 Å². The van der Waals surface area contributed by atoms with Crippen molar-refractivity contribution in [3.63, 3.8) is 0 Å². The van der Waals surface area contributed by atoms with Crippen molar-refractivity contribution in [2.24, 2.45) is 5.92 Å². The molecule has 0 radical (unpaired) electrons. The number of benzene rings is 1. The monoisotopic (exact) mass is 537 g/mol. The van der Waals surface area contributed by atoms with Crippen molar-refractivity contribution in [2.75, 3.05) is 62.3 Å².